The predicted molar refractivity (Wildman–Crippen MR) is 79.2 cm³/mol. The summed E-state index contributed by atoms with van der Waals surface area (Å²) < 4.78 is 1.93. The minimum Gasteiger partial charge on any atom is -0.327 e. The van der Waals surface area contributed by atoms with Crippen molar-refractivity contribution in [3.05, 3.63) is 52.3 Å². The SMILES string of the molecule is Cc1cc(CC(N)Cc2ccc(C)c(C)c2)n(C)n1. The fraction of sp³-hybridized carbons (Fsp3) is 0.438. The Balaban J connectivity index is 2.03. The van der Waals surface area contributed by atoms with Gasteiger partial charge in [0.1, 0.15) is 0 Å². The molecule has 2 rings (SSSR count). The second-order valence-corrected chi connectivity index (χ2v) is 5.49. The van der Waals surface area contributed by atoms with Crippen LogP contribution in [0.5, 0.6) is 0 Å². The third-order valence-corrected chi connectivity index (χ3v) is 3.64. The molecule has 0 spiro atoms. The molecule has 1 aromatic heterocycles. The van der Waals surface area contributed by atoms with Gasteiger partial charge in [-0.1, -0.05) is 18.2 Å². The Hall–Kier alpha value is -1.61. The van der Waals surface area contributed by atoms with Crippen LogP contribution in [0.1, 0.15) is 28.1 Å². The summed E-state index contributed by atoms with van der Waals surface area (Å²) in [6.45, 7) is 6.30. The first-order chi connectivity index (χ1) is 8.95. The summed E-state index contributed by atoms with van der Waals surface area (Å²) in [6.07, 6.45) is 1.77. The number of aromatic nitrogens is 2. The van der Waals surface area contributed by atoms with Gasteiger partial charge >= 0.3 is 0 Å². The molecule has 3 heteroatoms. The zero-order chi connectivity index (χ0) is 14.0. The van der Waals surface area contributed by atoms with Gasteiger partial charge in [0.2, 0.25) is 0 Å². The third-order valence-electron chi connectivity index (χ3n) is 3.64. The van der Waals surface area contributed by atoms with Crippen LogP contribution < -0.4 is 5.73 Å². The Bertz CT molecular complexity index is 569. The van der Waals surface area contributed by atoms with Crippen LogP contribution in [-0.2, 0) is 19.9 Å². The number of hydrogen-bond acceptors (Lipinski definition) is 2. The molecule has 1 aromatic carbocycles. The van der Waals surface area contributed by atoms with E-state index >= 15 is 0 Å². The second kappa shape index (κ2) is 5.57. The summed E-state index contributed by atoms with van der Waals surface area (Å²) in [5.74, 6) is 0. The van der Waals surface area contributed by atoms with Crippen molar-refractivity contribution in [1.82, 2.24) is 9.78 Å². The van der Waals surface area contributed by atoms with Crippen LogP contribution in [-0.4, -0.2) is 15.8 Å². The molecular weight excluding hydrogens is 234 g/mol. The van der Waals surface area contributed by atoms with Crippen LogP contribution in [0.15, 0.2) is 24.3 Å². The lowest BCUT2D eigenvalue weighted by Gasteiger charge is -2.13. The van der Waals surface area contributed by atoms with E-state index in [2.05, 4.69) is 43.2 Å². The zero-order valence-corrected chi connectivity index (χ0v) is 12.3. The molecule has 0 amide bonds. The maximum Gasteiger partial charge on any atom is 0.0596 e. The Morgan fingerprint density at radius 2 is 1.84 bits per heavy atom. The fourth-order valence-electron chi connectivity index (χ4n) is 2.43. The van der Waals surface area contributed by atoms with E-state index in [1.54, 1.807) is 0 Å². The minimum absolute atomic E-state index is 0.136. The molecule has 1 unspecified atom stereocenters. The molecule has 0 radical (unpaired) electrons. The highest BCUT2D eigenvalue weighted by molar-refractivity contribution is 5.30. The van der Waals surface area contributed by atoms with Crippen molar-refractivity contribution in [2.45, 2.75) is 39.7 Å². The third kappa shape index (κ3) is 3.44. The van der Waals surface area contributed by atoms with Crippen molar-refractivity contribution >= 4 is 0 Å². The molecule has 0 bridgehead atoms. The first kappa shape index (κ1) is 13.8. The van der Waals surface area contributed by atoms with E-state index < -0.39 is 0 Å². The molecule has 0 aliphatic rings. The second-order valence-electron chi connectivity index (χ2n) is 5.49. The smallest absolute Gasteiger partial charge is 0.0596 e. The molecule has 1 atom stereocenters. The monoisotopic (exact) mass is 257 g/mol. The Kier molecular flexibility index (Phi) is 4.05. The summed E-state index contributed by atoms with van der Waals surface area (Å²) in [6, 6.07) is 8.84. The van der Waals surface area contributed by atoms with Gasteiger partial charge in [0, 0.05) is 25.2 Å². The highest BCUT2D eigenvalue weighted by Gasteiger charge is 2.10. The van der Waals surface area contributed by atoms with Gasteiger partial charge in [0.05, 0.1) is 5.69 Å². The number of hydrogen-bond donors (Lipinski definition) is 1. The van der Waals surface area contributed by atoms with Gasteiger partial charge < -0.3 is 5.73 Å². The summed E-state index contributed by atoms with van der Waals surface area (Å²) in [4.78, 5) is 0. The summed E-state index contributed by atoms with van der Waals surface area (Å²) >= 11 is 0. The number of rotatable bonds is 4. The first-order valence-electron chi connectivity index (χ1n) is 6.77. The predicted octanol–water partition coefficient (Wildman–Crippen LogP) is 2.46. The Labute approximate surface area is 115 Å². The van der Waals surface area contributed by atoms with E-state index in [0.717, 1.165) is 18.5 Å². The van der Waals surface area contributed by atoms with E-state index in [1.807, 2.05) is 18.7 Å². The molecule has 3 nitrogen and oxygen atoms in total. The summed E-state index contributed by atoms with van der Waals surface area (Å²) in [7, 11) is 1.98. The normalized spacial score (nSPS) is 12.7. The molecular formula is C16H23N3. The van der Waals surface area contributed by atoms with Gasteiger partial charge in [-0.2, -0.15) is 5.10 Å². The Morgan fingerprint density at radius 3 is 2.42 bits per heavy atom. The van der Waals surface area contributed by atoms with Gasteiger partial charge in [-0.3, -0.25) is 4.68 Å². The number of aryl methyl sites for hydroxylation is 4. The van der Waals surface area contributed by atoms with E-state index in [-0.39, 0.29) is 6.04 Å². The maximum atomic E-state index is 6.26. The lowest BCUT2D eigenvalue weighted by molar-refractivity contribution is 0.612. The van der Waals surface area contributed by atoms with Crippen molar-refractivity contribution in [1.29, 1.82) is 0 Å². The van der Waals surface area contributed by atoms with E-state index in [4.69, 9.17) is 5.73 Å². The summed E-state index contributed by atoms with van der Waals surface area (Å²) in [5, 5.41) is 4.36. The van der Waals surface area contributed by atoms with Gasteiger partial charge in [-0.05, 0) is 49.9 Å². The molecule has 19 heavy (non-hydrogen) atoms. The molecule has 102 valence electrons. The number of nitrogens with zero attached hydrogens (tertiary/aromatic N) is 2. The quantitative estimate of drug-likeness (QED) is 0.914. The van der Waals surface area contributed by atoms with Crippen molar-refractivity contribution < 1.29 is 0 Å². The van der Waals surface area contributed by atoms with Crippen molar-refractivity contribution in [2.75, 3.05) is 0 Å². The molecule has 2 aromatic rings. The maximum absolute atomic E-state index is 6.26. The average Bonchev–Trinajstić information content (AvgIpc) is 2.62. The number of benzene rings is 1. The zero-order valence-electron chi connectivity index (χ0n) is 12.3. The van der Waals surface area contributed by atoms with Crippen LogP contribution in [0.4, 0.5) is 0 Å². The van der Waals surface area contributed by atoms with Gasteiger partial charge in [-0.25, -0.2) is 0 Å². The minimum atomic E-state index is 0.136. The summed E-state index contributed by atoms with van der Waals surface area (Å²) in [5.41, 5.74) is 12.5. The molecule has 0 saturated carbocycles. The van der Waals surface area contributed by atoms with Crippen LogP contribution in [0.2, 0.25) is 0 Å². The lowest BCUT2D eigenvalue weighted by Crippen LogP contribution is -2.26. The van der Waals surface area contributed by atoms with Crippen LogP contribution in [0, 0.1) is 20.8 Å². The van der Waals surface area contributed by atoms with E-state index in [9.17, 15) is 0 Å². The first-order valence-corrected chi connectivity index (χ1v) is 6.77. The van der Waals surface area contributed by atoms with Gasteiger partial charge in [-0.15, -0.1) is 0 Å². The van der Waals surface area contributed by atoms with E-state index in [1.165, 1.54) is 22.4 Å². The molecule has 0 saturated heterocycles. The molecule has 0 aliphatic heterocycles. The van der Waals surface area contributed by atoms with Gasteiger partial charge in [0.15, 0.2) is 0 Å². The topological polar surface area (TPSA) is 43.8 Å². The Morgan fingerprint density at radius 1 is 1.11 bits per heavy atom. The largest absolute Gasteiger partial charge is 0.327 e. The highest BCUT2D eigenvalue weighted by Crippen LogP contribution is 2.13. The number of nitrogens with two attached hydrogens (primary N) is 1. The molecule has 0 fully saturated rings. The van der Waals surface area contributed by atoms with E-state index in [0.29, 0.717) is 0 Å². The molecule has 1 heterocycles. The van der Waals surface area contributed by atoms with Crippen molar-refractivity contribution in [3.63, 3.8) is 0 Å². The van der Waals surface area contributed by atoms with Crippen LogP contribution >= 0.6 is 0 Å². The van der Waals surface area contributed by atoms with Gasteiger partial charge in [0.25, 0.3) is 0 Å². The van der Waals surface area contributed by atoms with Crippen molar-refractivity contribution in [3.8, 4) is 0 Å². The fourth-order valence-corrected chi connectivity index (χ4v) is 2.43. The lowest BCUT2D eigenvalue weighted by atomic mass is 9.99. The standard InChI is InChI=1S/C16H23N3/c1-11-5-6-14(7-12(11)2)9-15(17)10-16-8-13(3)18-19(16)4/h5-8,15H,9-10,17H2,1-4H3. The van der Waals surface area contributed by atoms with Crippen molar-refractivity contribution in [2.24, 2.45) is 12.8 Å². The average molecular weight is 257 g/mol. The van der Waals surface area contributed by atoms with Crippen LogP contribution in [0.25, 0.3) is 0 Å². The van der Waals surface area contributed by atoms with Crippen LogP contribution in [0.3, 0.4) is 0 Å². The molecule has 2 N–H and O–H groups in total. The highest BCUT2D eigenvalue weighted by atomic mass is 15.3. The molecule has 0 aliphatic carbocycles.